The van der Waals surface area contributed by atoms with E-state index in [-0.39, 0.29) is 11.8 Å². The average Bonchev–Trinajstić information content (AvgIpc) is 2.93. The predicted octanol–water partition coefficient (Wildman–Crippen LogP) is 4.32. The van der Waals surface area contributed by atoms with Crippen molar-refractivity contribution < 1.29 is 9.59 Å². The van der Waals surface area contributed by atoms with Crippen LogP contribution in [-0.2, 0) is 4.79 Å². The number of nitrogens with zero attached hydrogens (tertiary/aromatic N) is 1. The number of halogens is 2. The molecule has 2 aromatic rings. The molecule has 118 valence electrons. The summed E-state index contributed by atoms with van der Waals surface area (Å²) in [5.41, 5.74) is 2.05. The van der Waals surface area contributed by atoms with Gasteiger partial charge >= 0.3 is 0 Å². The Labute approximate surface area is 153 Å². The summed E-state index contributed by atoms with van der Waals surface area (Å²) in [6.45, 7) is 0.727. The van der Waals surface area contributed by atoms with Gasteiger partial charge in [0.25, 0.3) is 5.91 Å². The number of amides is 2. The first-order valence-corrected chi connectivity index (χ1v) is 8.67. The number of carbonyl (C=O) groups is 2. The zero-order valence-corrected chi connectivity index (χ0v) is 15.1. The number of hydrogen-bond donors (Lipinski definition) is 1. The summed E-state index contributed by atoms with van der Waals surface area (Å²) < 4.78 is 0.790. The summed E-state index contributed by atoms with van der Waals surface area (Å²) in [4.78, 5) is 26.0. The van der Waals surface area contributed by atoms with Gasteiger partial charge < -0.3 is 10.2 Å². The van der Waals surface area contributed by atoms with E-state index in [1.54, 1.807) is 23.1 Å². The quantitative estimate of drug-likeness (QED) is 0.723. The van der Waals surface area contributed by atoms with Crippen LogP contribution in [0.4, 0.5) is 11.4 Å². The Kier molecular flexibility index (Phi) is 4.87. The molecule has 2 amide bonds. The monoisotopic (exact) mass is 440 g/mol. The molecule has 1 saturated heterocycles. The fourth-order valence-corrected chi connectivity index (χ4v) is 3.66. The highest BCUT2D eigenvalue weighted by molar-refractivity contribution is 14.1. The molecule has 1 N–H and O–H groups in total. The summed E-state index contributed by atoms with van der Waals surface area (Å²) in [6.07, 6.45) is 1.46. The van der Waals surface area contributed by atoms with Crippen LogP contribution in [0.3, 0.4) is 0 Å². The first-order chi connectivity index (χ1) is 11.0. The summed E-state index contributed by atoms with van der Waals surface area (Å²) in [6, 6.07) is 12.5. The Bertz CT molecular complexity index is 779. The molecule has 1 fully saturated rings. The zero-order chi connectivity index (χ0) is 16.4. The first-order valence-electron chi connectivity index (χ1n) is 7.21. The SMILES string of the molecule is O=C(Nc1cccc(N2CCCC2=O)c1)c1ccc(Cl)cc1I. The smallest absolute Gasteiger partial charge is 0.256 e. The first kappa shape index (κ1) is 16.3. The lowest BCUT2D eigenvalue weighted by Gasteiger charge is -2.17. The van der Waals surface area contributed by atoms with Crippen LogP contribution in [0.15, 0.2) is 42.5 Å². The maximum atomic E-state index is 12.4. The fraction of sp³-hybridized carbons (Fsp3) is 0.176. The standard InChI is InChI=1S/C17H14ClIN2O2/c18-11-6-7-14(15(19)9-11)17(23)20-12-3-1-4-13(10-12)21-8-2-5-16(21)22/h1,3-4,6-7,9-10H,2,5,8H2,(H,20,23). The van der Waals surface area contributed by atoms with E-state index in [0.29, 0.717) is 22.7 Å². The van der Waals surface area contributed by atoms with Crippen LogP contribution in [0.25, 0.3) is 0 Å². The summed E-state index contributed by atoms with van der Waals surface area (Å²) in [5.74, 6) is -0.0725. The molecule has 4 nitrogen and oxygen atoms in total. The van der Waals surface area contributed by atoms with Crippen LogP contribution in [-0.4, -0.2) is 18.4 Å². The molecule has 0 saturated carbocycles. The van der Waals surface area contributed by atoms with E-state index in [1.165, 1.54) is 0 Å². The molecule has 0 atom stereocenters. The van der Waals surface area contributed by atoms with Gasteiger partial charge in [0.15, 0.2) is 0 Å². The van der Waals surface area contributed by atoms with Gasteiger partial charge in [-0.1, -0.05) is 17.7 Å². The lowest BCUT2D eigenvalue weighted by molar-refractivity contribution is -0.117. The van der Waals surface area contributed by atoms with Crippen molar-refractivity contribution in [2.75, 3.05) is 16.8 Å². The molecule has 0 unspecified atom stereocenters. The number of nitrogens with one attached hydrogen (secondary N) is 1. The number of benzene rings is 2. The molecule has 23 heavy (non-hydrogen) atoms. The van der Waals surface area contributed by atoms with Crippen LogP contribution >= 0.6 is 34.2 Å². The van der Waals surface area contributed by atoms with Crippen molar-refractivity contribution in [2.45, 2.75) is 12.8 Å². The van der Waals surface area contributed by atoms with E-state index in [4.69, 9.17) is 11.6 Å². The van der Waals surface area contributed by atoms with Gasteiger partial charge in [-0.05, 0) is 65.4 Å². The minimum atomic E-state index is -0.198. The molecule has 0 bridgehead atoms. The lowest BCUT2D eigenvalue weighted by Crippen LogP contribution is -2.23. The number of rotatable bonds is 3. The van der Waals surface area contributed by atoms with Crippen molar-refractivity contribution >= 4 is 57.4 Å². The Morgan fingerprint density at radius 3 is 2.74 bits per heavy atom. The van der Waals surface area contributed by atoms with E-state index >= 15 is 0 Å². The number of hydrogen-bond acceptors (Lipinski definition) is 2. The Morgan fingerprint density at radius 1 is 1.22 bits per heavy atom. The highest BCUT2D eigenvalue weighted by Crippen LogP contribution is 2.25. The van der Waals surface area contributed by atoms with Crippen molar-refractivity contribution in [2.24, 2.45) is 0 Å². The third kappa shape index (κ3) is 3.67. The average molecular weight is 441 g/mol. The Morgan fingerprint density at radius 2 is 2.04 bits per heavy atom. The number of carbonyl (C=O) groups excluding carboxylic acids is 2. The normalized spacial score (nSPS) is 14.2. The van der Waals surface area contributed by atoms with Crippen LogP contribution in [0.1, 0.15) is 23.2 Å². The molecule has 3 rings (SSSR count). The van der Waals surface area contributed by atoms with E-state index in [1.807, 2.05) is 24.3 Å². The molecule has 0 aliphatic carbocycles. The summed E-state index contributed by atoms with van der Waals surface area (Å²) in [5, 5.41) is 3.47. The molecule has 0 radical (unpaired) electrons. The van der Waals surface area contributed by atoms with Crippen molar-refractivity contribution in [3.63, 3.8) is 0 Å². The third-order valence-corrected chi connectivity index (χ3v) is 4.79. The molecular formula is C17H14ClIN2O2. The molecule has 6 heteroatoms. The van der Waals surface area contributed by atoms with Crippen molar-refractivity contribution in [3.05, 3.63) is 56.6 Å². The minimum absolute atomic E-state index is 0.126. The van der Waals surface area contributed by atoms with E-state index in [0.717, 1.165) is 22.2 Å². The van der Waals surface area contributed by atoms with Crippen molar-refractivity contribution in [1.29, 1.82) is 0 Å². The second-order valence-corrected chi connectivity index (χ2v) is 6.88. The molecular weight excluding hydrogens is 427 g/mol. The van der Waals surface area contributed by atoms with Gasteiger partial charge in [-0.15, -0.1) is 0 Å². The van der Waals surface area contributed by atoms with E-state index in [2.05, 4.69) is 27.9 Å². The van der Waals surface area contributed by atoms with E-state index in [9.17, 15) is 9.59 Å². The maximum absolute atomic E-state index is 12.4. The van der Waals surface area contributed by atoms with Crippen molar-refractivity contribution in [3.8, 4) is 0 Å². The molecule has 1 heterocycles. The molecule has 2 aromatic carbocycles. The molecule has 0 spiro atoms. The van der Waals surface area contributed by atoms with Gasteiger partial charge in [0.1, 0.15) is 0 Å². The lowest BCUT2D eigenvalue weighted by atomic mass is 10.2. The van der Waals surface area contributed by atoms with Gasteiger partial charge in [-0.2, -0.15) is 0 Å². The number of anilines is 2. The highest BCUT2D eigenvalue weighted by atomic mass is 127. The Hall–Kier alpha value is -1.60. The van der Waals surface area contributed by atoms with Gasteiger partial charge in [-0.25, -0.2) is 0 Å². The van der Waals surface area contributed by atoms with Gasteiger partial charge in [0, 0.05) is 32.9 Å². The van der Waals surface area contributed by atoms with Gasteiger partial charge in [0.05, 0.1) is 5.56 Å². The van der Waals surface area contributed by atoms with Crippen LogP contribution in [0.2, 0.25) is 5.02 Å². The second kappa shape index (κ2) is 6.88. The second-order valence-electron chi connectivity index (χ2n) is 5.28. The van der Waals surface area contributed by atoms with Crippen LogP contribution < -0.4 is 10.2 Å². The van der Waals surface area contributed by atoms with Crippen LogP contribution in [0, 0.1) is 3.57 Å². The largest absolute Gasteiger partial charge is 0.322 e. The highest BCUT2D eigenvalue weighted by Gasteiger charge is 2.22. The van der Waals surface area contributed by atoms with Crippen molar-refractivity contribution in [1.82, 2.24) is 0 Å². The topological polar surface area (TPSA) is 49.4 Å². The van der Waals surface area contributed by atoms with E-state index < -0.39 is 0 Å². The Balaban J connectivity index is 1.80. The minimum Gasteiger partial charge on any atom is -0.322 e. The maximum Gasteiger partial charge on any atom is 0.256 e. The summed E-state index contributed by atoms with van der Waals surface area (Å²) >= 11 is 8.00. The van der Waals surface area contributed by atoms with Gasteiger partial charge in [-0.3, -0.25) is 9.59 Å². The molecule has 0 aromatic heterocycles. The summed E-state index contributed by atoms with van der Waals surface area (Å²) in [7, 11) is 0. The van der Waals surface area contributed by atoms with Crippen LogP contribution in [0.5, 0.6) is 0 Å². The van der Waals surface area contributed by atoms with Gasteiger partial charge in [0.2, 0.25) is 5.91 Å². The molecule has 1 aliphatic rings. The predicted molar refractivity (Wildman–Crippen MR) is 100 cm³/mol. The molecule has 1 aliphatic heterocycles. The zero-order valence-electron chi connectivity index (χ0n) is 12.2. The third-order valence-electron chi connectivity index (χ3n) is 3.66. The fourth-order valence-electron chi connectivity index (χ4n) is 2.54.